The molecule has 7 heteroatoms. The number of nitrogens with zero attached hydrogens (tertiary/aromatic N) is 4. The monoisotopic (exact) mass is 367 g/mol. The topological polar surface area (TPSA) is 71.0 Å². The van der Waals surface area contributed by atoms with Gasteiger partial charge in [0.15, 0.2) is 5.82 Å². The van der Waals surface area contributed by atoms with Crippen molar-refractivity contribution >= 4 is 23.1 Å². The summed E-state index contributed by atoms with van der Waals surface area (Å²) in [7, 11) is 3.63. The zero-order valence-corrected chi connectivity index (χ0v) is 15.9. The van der Waals surface area contributed by atoms with Gasteiger partial charge >= 0.3 is 0 Å². The molecule has 1 amide bonds. The van der Waals surface area contributed by atoms with E-state index in [-0.39, 0.29) is 5.91 Å². The minimum Gasteiger partial charge on any atom is -0.371 e. The third-order valence-corrected chi connectivity index (χ3v) is 5.18. The van der Waals surface area contributed by atoms with Crippen LogP contribution in [0.3, 0.4) is 0 Å². The molecule has 6 nitrogen and oxygen atoms in total. The summed E-state index contributed by atoms with van der Waals surface area (Å²) >= 11 is 1.63. The molecule has 0 saturated heterocycles. The van der Waals surface area contributed by atoms with Crippen LogP contribution in [0.5, 0.6) is 0 Å². The number of hydrogen-bond acceptors (Lipinski definition) is 6. The molecule has 2 aromatic heterocycles. The Kier molecular flexibility index (Phi) is 5.58. The molecule has 3 rings (SSSR count). The summed E-state index contributed by atoms with van der Waals surface area (Å²) in [5, 5.41) is 3.03. The number of hydrogen-bond donors (Lipinski definition) is 1. The average molecular weight is 367 g/mol. The Morgan fingerprint density at radius 1 is 1.23 bits per heavy atom. The van der Waals surface area contributed by atoms with Gasteiger partial charge in [-0.25, -0.2) is 9.97 Å². The lowest BCUT2D eigenvalue weighted by Crippen LogP contribution is -2.28. The molecule has 0 radical (unpaired) electrons. The fourth-order valence-corrected chi connectivity index (χ4v) is 3.46. The number of rotatable bonds is 6. The molecule has 0 spiro atoms. The maximum absolute atomic E-state index is 12.8. The number of benzene rings is 1. The highest BCUT2D eigenvalue weighted by Crippen LogP contribution is 2.24. The normalized spacial score (nSPS) is 10.6. The van der Waals surface area contributed by atoms with Crippen molar-refractivity contribution in [2.24, 2.45) is 0 Å². The molecular formula is C19H21N5OS. The fourth-order valence-electron chi connectivity index (χ4n) is 2.69. The van der Waals surface area contributed by atoms with Gasteiger partial charge in [-0.1, -0.05) is 12.1 Å². The highest BCUT2D eigenvalue weighted by Gasteiger charge is 2.15. The number of anilines is 1. The minimum absolute atomic E-state index is 0.0103. The second kappa shape index (κ2) is 8.05. The number of aromatic nitrogens is 3. The lowest BCUT2D eigenvalue weighted by atomic mass is 10.1. The number of carbonyl (C=O) groups is 1. The summed E-state index contributed by atoms with van der Waals surface area (Å²) in [6.45, 7) is 2.65. The maximum atomic E-state index is 12.8. The molecule has 0 atom stereocenters. The highest BCUT2D eigenvalue weighted by atomic mass is 32.1. The molecular weight excluding hydrogens is 346 g/mol. The Hall–Kier alpha value is -2.80. The van der Waals surface area contributed by atoms with Crippen LogP contribution in [0.1, 0.15) is 20.9 Å². The zero-order chi connectivity index (χ0) is 18.5. The summed E-state index contributed by atoms with van der Waals surface area (Å²) in [6.07, 6.45) is 4.10. The SMILES string of the molecule is CNc1nccnc1-c1cccc(C(=O)N(C)CCc2scnc2C)c1. The van der Waals surface area contributed by atoms with Gasteiger partial charge in [0.1, 0.15) is 5.69 Å². The molecule has 2 heterocycles. The largest absolute Gasteiger partial charge is 0.371 e. The van der Waals surface area contributed by atoms with E-state index < -0.39 is 0 Å². The first kappa shape index (κ1) is 18.0. The second-order valence-corrected chi connectivity index (χ2v) is 6.86. The van der Waals surface area contributed by atoms with E-state index in [1.165, 1.54) is 4.88 Å². The van der Waals surface area contributed by atoms with Crippen LogP contribution in [0.25, 0.3) is 11.3 Å². The average Bonchev–Trinajstić information content (AvgIpc) is 3.10. The van der Waals surface area contributed by atoms with E-state index in [4.69, 9.17) is 0 Å². The summed E-state index contributed by atoms with van der Waals surface area (Å²) < 4.78 is 0. The van der Waals surface area contributed by atoms with E-state index in [2.05, 4.69) is 20.3 Å². The van der Waals surface area contributed by atoms with E-state index in [0.717, 1.165) is 23.4 Å². The zero-order valence-electron chi connectivity index (χ0n) is 15.1. The van der Waals surface area contributed by atoms with Gasteiger partial charge in [0.2, 0.25) is 0 Å². The van der Waals surface area contributed by atoms with Gasteiger partial charge in [0.25, 0.3) is 5.91 Å². The number of carbonyl (C=O) groups excluding carboxylic acids is 1. The Morgan fingerprint density at radius 3 is 2.77 bits per heavy atom. The van der Waals surface area contributed by atoms with E-state index in [9.17, 15) is 4.79 Å². The van der Waals surface area contributed by atoms with E-state index >= 15 is 0 Å². The first-order chi connectivity index (χ1) is 12.6. The van der Waals surface area contributed by atoms with Crippen molar-refractivity contribution in [3.05, 3.63) is 58.3 Å². The van der Waals surface area contributed by atoms with Crippen LogP contribution in [0.15, 0.2) is 42.2 Å². The molecule has 1 N–H and O–H groups in total. The fraction of sp³-hybridized carbons (Fsp3) is 0.263. The standard InChI is InChI=1S/C19H21N5OS/c1-13-16(26-12-23-13)7-10-24(3)19(25)15-6-4-5-14(11-15)17-18(20-2)22-9-8-21-17/h4-6,8-9,11-12H,7,10H2,1-3H3,(H,20,22). The van der Waals surface area contributed by atoms with Crippen LogP contribution in [-0.4, -0.2) is 46.4 Å². The molecule has 26 heavy (non-hydrogen) atoms. The van der Waals surface area contributed by atoms with Gasteiger partial charge in [0, 0.05) is 55.5 Å². The quantitative estimate of drug-likeness (QED) is 0.724. The highest BCUT2D eigenvalue weighted by molar-refractivity contribution is 7.09. The smallest absolute Gasteiger partial charge is 0.253 e. The van der Waals surface area contributed by atoms with Crippen molar-refractivity contribution < 1.29 is 4.79 Å². The van der Waals surface area contributed by atoms with E-state index in [0.29, 0.717) is 17.9 Å². The molecule has 134 valence electrons. The molecule has 0 saturated carbocycles. The summed E-state index contributed by atoms with van der Waals surface area (Å²) in [5.74, 6) is 0.676. The molecule has 3 aromatic rings. The van der Waals surface area contributed by atoms with Crippen molar-refractivity contribution in [2.45, 2.75) is 13.3 Å². The summed E-state index contributed by atoms with van der Waals surface area (Å²) in [6, 6.07) is 7.50. The first-order valence-electron chi connectivity index (χ1n) is 8.33. The molecule has 0 unspecified atom stereocenters. The molecule has 0 aliphatic heterocycles. The van der Waals surface area contributed by atoms with Crippen LogP contribution >= 0.6 is 11.3 Å². The molecule has 0 aliphatic rings. The van der Waals surface area contributed by atoms with Crippen molar-refractivity contribution in [1.82, 2.24) is 19.9 Å². The van der Waals surface area contributed by atoms with Crippen LogP contribution in [-0.2, 0) is 6.42 Å². The predicted molar refractivity (Wildman–Crippen MR) is 105 cm³/mol. The predicted octanol–water partition coefficient (Wildman–Crippen LogP) is 3.26. The molecule has 0 fully saturated rings. The third kappa shape index (κ3) is 3.88. The second-order valence-electron chi connectivity index (χ2n) is 5.92. The van der Waals surface area contributed by atoms with Gasteiger partial charge in [-0.3, -0.25) is 9.78 Å². The number of likely N-dealkylation sites (N-methyl/N-ethyl adjacent to an activating group) is 1. The first-order valence-corrected chi connectivity index (χ1v) is 9.21. The number of thiazole rings is 1. The number of nitrogens with one attached hydrogen (secondary N) is 1. The molecule has 0 aliphatic carbocycles. The summed E-state index contributed by atoms with van der Waals surface area (Å²) in [4.78, 5) is 28.7. The number of amides is 1. The lowest BCUT2D eigenvalue weighted by Gasteiger charge is -2.17. The van der Waals surface area contributed by atoms with Gasteiger partial charge in [0.05, 0.1) is 11.2 Å². The van der Waals surface area contributed by atoms with Gasteiger partial charge < -0.3 is 10.2 Å². The third-order valence-electron chi connectivity index (χ3n) is 4.18. The van der Waals surface area contributed by atoms with E-state index in [1.807, 2.05) is 43.7 Å². The van der Waals surface area contributed by atoms with Crippen molar-refractivity contribution in [2.75, 3.05) is 26.0 Å². The minimum atomic E-state index is -0.0103. The van der Waals surface area contributed by atoms with Crippen molar-refractivity contribution in [1.29, 1.82) is 0 Å². The number of aryl methyl sites for hydroxylation is 1. The molecule has 0 bridgehead atoms. The van der Waals surface area contributed by atoms with E-state index in [1.54, 1.807) is 35.7 Å². The van der Waals surface area contributed by atoms with Crippen molar-refractivity contribution in [3.63, 3.8) is 0 Å². The van der Waals surface area contributed by atoms with Crippen LogP contribution in [0.4, 0.5) is 5.82 Å². The molecule has 1 aromatic carbocycles. The van der Waals surface area contributed by atoms with Crippen LogP contribution in [0.2, 0.25) is 0 Å². The summed E-state index contributed by atoms with van der Waals surface area (Å²) in [5.41, 5.74) is 5.11. The maximum Gasteiger partial charge on any atom is 0.253 e. The van der Waals surface area contributed by atoms with Crippen LogP contribution < -0.4 is 5.32 Å². The Morgan fingerprint density at radius 2 is 2.04 bits per heavy atom. The van der Waals surface area contributed by atoms with Gasteiger partial charge in [-0.05, 0) is 19.1 Å². The Balaban J connectivity index is 1.76. The van der Waals surface area contributed by atoms with Crippen LogP contribution in [0, 0.1) is 6.92 Å². The van der Waals surface area contributed by atoms with Gasteiger partial charge in [-0.2, -0.15) is 0 Å². The Labute approximate surface area is 157 Å². The Bertz CT molecular complexity index is 908. The lowest BCUT2D eigenvalue weighted by molar-refractivity contribution is 0.0797. The van der Waals surface area contributed by atoms with Gasteiger partial charge in [-0.15, -0.1) is 11.3 Å². The van der Waals surface area contributed by atoms with Crippen molar-refractivity contribution in [3.8, 4) is 11.3 Å².